The molecule has 0 atom stereocenters. The Balaban J connectivity index is 1.75. The molecule has 2 aromatic heterocycles. The third-order valence-electron chi connectivity index (χ3n) is 3.80. The molecule has 0 radical (unpaired) electrons. The van der Waals surface area contributed by atoms with Crippen LogP contribution in [0.1, 0.15) is 26.5 Å². The smallest absolute Gasteiger partial charge is 0.255 e. The van der Waals surface area contributed by atoms with Gasteiger partial charge in [0.2, 0.25) is 5.78 Å². The molecule has 2 heterocycles. The van der Waals surface area contributed by atoms with Crippen LogP contribution in [-0.4, -0.2) is 25.8 Å². The van der Waals surface area contributed by atoms with Gasteiger partial charge in [0.25, 0.3) is 11.5 Å². The lowest BCUT2D eigenvalue weighted by Gasteiger charge is -2.07. The molecule has 7 heteroatoms. The number of pyridine rings is 1. The van der Waals surface area contributed by atoms with Gasteiger partial charge in [-0.15, -0.1) is 0 Å². The number of ketones is 1. The monoisotopic (exact) mass is 336 g/mol. The van der Waals surface area contributed by atoms with Gasteiger partial charge < -0.3 is 14.5 Å². The third-order valence-corrected chi connectivity index (χ3v) is 3.80. The van der Waals surface area contributed by atoms with Crippen LogP contribution in [-0.2, 0) is 14.1 Å². The number of hydrogen-bond donors (Lipinski definition) is 1. The molecule has 0 spiro atoms. The molecule has 0 unspecified atom stereocenters. The molecule has 126 valence electrons. The standard InChI is InChI=1S/C18H16N4O3/c1-21-9-7-13(11-15(21)23)18(25)20-14-5-3-12(4-6-14)16(24)17-19-8-10-22(17)2/h3-11H,1-2H3,(H,20,25). The summed E-state index contributed by atoms with van der Waals surface area (Å²) in [4.78, 5) is 40.2. The van der Waals surface area contributed by atoms with E-state index >= 15 is 0 Å². The summed E-state index contributed by atoms with van der Waals surface area (Å²) in [6.45, 7) is 0. The summed E-state index contributed by atoms with van der Waals surface area (Å²) in [7, 11) is 3.36. The van der Waals surface area contributed by atoms with E-state index in [2.05, 4.69) is 10.3 Å². The number of hydrogen-bond acceptors (Lipinski definition) is 4. The maximum absolute atomic E-state index is 12.3. The highest BCUT2D eigenvalue weighted by atomic mass is 16.2. The molecule has 0 bridgehead atoms. The lowest BCUT2D eigenvalue weighted by Crippen LogP contribution is -2.20. The Labute approximate surface area is 143 Å². The Kier molecular flexibility index (Phi) is 4.30. The van der Waals surface area contributed by atoms with Gasteiger partial charge in [-0.3, -0.25) is 14.4 Å². The number of aromatic nitrogens is 3. The van der Waals surface area contributed by atoms with Crippen LogP contribution in [0.4, 0.5) is 5.69 Å². The van der Waals surface area contributed by atoms with Crippen molar-refractivity contribution < 1.29 is 9.59 Å². The molecule has 0 fully saturated rings. The van der Waals surface area contributed by atoms with E-state index in [0.717, 1.165) is 0 Å². The minimum atomic E-state index is -0.388. The fourth-order valence-corrected chi connectivity index (χ4v) is 2.31. The highest BCUT2D eigenvalue weighted by Gasteiger charge is 2.14. The number of anilines is 1. The van der Waals surface area contributed by atoms with Crippen molar-refractivity contribution in [2.45, 2.75) is 0 Å². The zero-order valence-corrected chi connectivity index (χ0v) is 13.8. The summed E-state index contributed by atoms with van der Waals surface area (Å²) in [5.74, 6) is -0.241. The van der Waals surface area contributed by atoms with E-state index in [0.29, 0.717) is 17.1 Å². The van der Waals surface area contributed by atoms with E-state index in [1.165, 1.54) is 16.8 Å². The minimum Gasteiger partial charge on any atom is -0.331 e. The lowest BCUT2D eigenvalue weighted by atomic mass is 10.1. The Hall–Kier alpha value is -3.48. The van der Waals surface area contributed by atoms with Crippen LogP contribution in [0.5, 0.6) is 0 Å². The van der Waals surface area contributed by atoms with Crippen LogP contribution >= 0.6 is 0 Å². The number of amides is 1. The molecular formula is C18H16N4O3. The van der Waals surface area contributed by atoms with Crippen LogP contribution in [0.3, 0.4) is 0 Å². The predicted octanol–water partition coefficient (Wildman–Crippen LogP) is 1.60. The first-order valence-electron chi connectivity index (χ1n) is 7.56. The van der Waals surface area contributed by atoms with Crippen molar-refractivity contribution >= 4 is 17.4 Å². The summed E-state index contributed by atoms with van der Waals surface area (Å²) in [5, 5.41) is 2.70. The van der Waals surface area contributed by atoms with Gasteiger partial charge in [0, 0.05) is 55.6 Å². The third kappa shape index (κ3) is 3.40. The Morgan fingerprint density at radius 1 is 0.960 bits per heavy atom. The normalized spacial score (nSPS) is 10.5. The number of nitrogens with one attached hydrogen (secondary N) is 1. The first-order chi connectivity index (χ1) is 12.0. The predicted molar refractivity (Wildman–Crippen MR) is 92.7 cm³/mol. The van der Waals surface area contributed by atoms with Crippen molar-refractivity contribution in [3.63, 3.8) is 0 Å². The van der Waals surface area contributed by atoms with Gasteiger partial charge >= 0.3 is 0 Å². The summed E-state index contributed by atoms with van der Waals surface area (Å²) in [5.41, 5.74) is 1.02. The van der Waals surface area contributed by atoms with Crippen molar-refractivity contribution in [3.8, 4) is 0 Å². The van der Waals surface area contributed by atoms with E-state index in [4.69, 9.17) is 0 Å². The van der Waals surface area contributed by atoms with Crippen LogP contribution in [0.25, 0.3) is 0 Å². The summed E-state index contributed by atoms with van der Waals surface area (Å²) < 4.78 is 3.03. The first-order valence-corrected chi connectivity index (χ1v) is 7.56. The number of benzene rings is 1. The average Bonchev–Trinajstić information content (AvgIpc) is 3.03. The number of nitrogens with zero attached hydrogens (tertiary/aromatic N) is 3. The number of carbonyl (C=O) groups excluding carboxylic acids is 2. The highest BCUT2D eigenvalue weighted by Crippen LogP contribution is 2.14. The molecule has 1 amide bonds. The number of aryl methyl sites for hydroxylation is 2. The Morgan fingerprint density at radius 2 is 1.68 bits per heavy atom. The maximum Gasteiger partial charge on any atom is 0.255 e. The minimum absolute atomic E-state index is 0.197. The maximum atomic E-state index is 12.3. The lowest BCUT2D eigenvalue weighted by molar-refractivity contribution is 0.102. The van der Waals surface area contributed by atoms with E-state index in [1.54, 1.807) is 61.4 Å². The molecule has 0 aliphatic carbocycles. The van der Waals surface area contributed by atoms with Gasteiger partial charge in [0.15, 0.2) is 5.82 Å². The number of rotatable bonds is 4. The molecule has 0 saturated carbocycles. The summed E-state index contributed by atoms with van der Waals surface area (Å²) in [6, 6.07) is 9.35. The quantitative estimate of drug-likeness (QED) is 0.733. The fraction of sp³-hybridized carbons (Fsp3) is 0.111. The molecule has 25 heavy (non-hydrogen) atoms. The van der Waals surface area contributed by atoms with Crippen LogP contribution in [0, 0.1) is 0 Å². The molecule has 7 nitrogen and oxygen atoms in total. The molecule has 1 N–H and O–H groups in total. The van der Waals surface area contributed by atoms with E-state index in [9.17, 15) is 14.4 Å². The van der Waals surface area contributed by atoms with E-state index in [1.807, 2.05) is 0 Å². The van der Waals surface area contributed by atoms with Gasteiger partial charge in [-0.1, -0.05) is 0 Å². The zero-order chi connectivity index (χ0) is 18.0. The number of imidazole rings is 1. The van der Waals surface area contributed by atoms with Crippen molar-refractivity contribution in [2.75, 3.05) is 5.32 Å². The molecule has 3 aromatic rings. The Bertz CT molecular complexity index is 1000. The molecule has 0 saturated heterocycles. The highest BCUT2D eigenvalue weighted by molar-refractivity contribution is 6.07. The van der Waals surface area contributed by atoms with Gasteiger partial charge in [0.1, 0.15) is 0 Å². The van der Waals surface area contributed by atoms with Crippen LogP contribution in [0.2, 0.25) is 0 Å². The van der Waals surface area contributed by atoms with Gasteiger partial charge in [-0.2, -0.15) is 0 Å². The van der Waals surface area contributed by atoms with Crippen LogP contribution < -0.4 is 10.9 Å². The second kappa shape index (κ2) is 6.56. The summed E-state index contributed by atoms with van der Waals surface area (Å²) in [6.07, 6.45) is 4.80. The van der Waals surface area contributed by atoms with E-state index in [-0.39, 0.29) is 22.8 Å². The average molecular weight is 336 g/mol. The second-order valence-electron chi connectivity index (χ2n) is 5.59. The second-order valence-corrected chi connectivity index (χ2v) is 5.59. The zero-order valence-electron chi connectivity index (χ0n) is 13.8. The van der Waals surface area contributed by atoms with Crippen molar-refractivity contribution in [1.82, 2.24) is 14.1 Å². The van der Waals surface area contributed by atoms with Gasteiger partial charge in [-0.25, -0.2) is 4.98 Å². The Morgan fingerprint density at radius 3 is 2.28 bits per heavy atom. The van der Waals surface area contributed by atoms with Gasteiger partial charge in [0.05, 0.1) is 0 Å². The molecule has 0 aliphatic rings. The van der Waals surface area contributed by atoms with Crippen molar-refractivity contribution in [3.05, 3.63) is 82.3 Å². The van der Waals surface area contributed by atoms with Crippen LogP contribution in [0.15, 0.2) is 59.8 Å². The first kappa shape index (κ1) is 16.4. The topological polar surface area (TPSA) is 86.0 Å². The molecular weight excluding hydrogens is 320 g/mol. The SMILES string of the molecule is Cn1ccnc1C(=O)c1ccc(NC(=O)c2ccn(C)c(=O)c2)cc1. The van der Waals surface area contributed by atoms with E-state index < -0.39 is 0 Å². The van der Waals surface area contributed by atoms with Crippen molar-refractivity contribution in [2.24, 2.45) is 14.1 Å². The van der Waals surface area contributed by atoms with Crippen molar-refractivity contribution in [1.29, 1.82) is 0 Å². The van der Waals surface area contributed by atoms with Gasteiger partial charge in [-0.05, 0) is 30.3 Å². The molecule has 3 rings (SSSR count). The molecule has 0 aliphatic heterocycles. The fourth-order valence-electron chi connectivity index (χ4n) is 2.31. The molecule has 1 aromatic carbocycles. The summed E-state index contributed by atoms with van der Waals surface area (Å²) >= 11 is 0. The largest absolute Gasteiger partial charge is 0.331 e. The number of carbonyl (C=O) groups is 2.